The summed E-state index contributed by atoms with van der Waals surface area (Å²) in [7, 11) is 3.65. The molecule has 3 rings (SSSR count). The number of aromatic nitrogens is 2. The van der Waals surface area contributed by atoms with Gasteiger partial charge in [-0.3, -0.25) is 14.5 Å². The van der Waals surface area contributed by atoms with Gasteiger partial charge >= 0.3 is 0 Å². The molecule has 0 spiro atoms. The molecule has 7 heteroatoms. The number of hydrogen-bond donors (Lipinski definition) is 1. The molecule has 1 aliphatic heterocycles. The molecule has 0 bridgehead atoms. The van der Waals surface area contributed by atoms with E-state index in [4.69, 9.17) is 0 Å². The summed E-state index contributed by atoms with van der Waals surface area (Å²) in [6.07, 6.45) is 13.1. The van der Waals surface area contributed by atoms with E-state index in [1.165, 1.54) is 44.9 Å². The second kappa shape index (κ2) is 9.05. The van der Waals surface area contributed by atoms with Gasteiger partial charge in [0.1, 0.15) is 6.54 Å². The second-order valence-corrected chi connectivity index (χ2v) is 7.46. The third kappa shape index (κ3) is 4.77. The van der Waals surface area contributed by atoms with Crippen LogP contribution in [0.1, 0.15) is 44.9 Å². The molecule has 2 aliphatic rings. The van der Waals surface area contributed by atoms with E-state index in [9.17, 15) is 4.79 Å². The fraction of sp³-hybridized carbons (Fsp3) is 0.737. The van der Waals surface area contributed by atoms with Crippen molar-refractivity contribution in [2.75, 3.05) is 38.1 Å². The first-order chi connectivity index (χ1) is 12.7. The van der Waals surface area contributed by atoms with Crippen LogP contribution in [0.2, 0.25) is 0 Å². The van der Waals surface area contributed by atoms with E-state index in [1.807, 2.05) is 18.1 Å². The van der Waals surface area contributed by atoms with Gasteiger partial charge in [0.25, 0.3) is 0 Å². The van der Waals surface area contributed by atoms with Gasteiger partial charge in [0.2, 0.25) is 5.91 Å². The van der Waals surface area contributed by atoms with Crippen molar-refractivity contribution in [3.8, 4) is 0 Å². The second-order valence-electron chi connectivity index (χ2n) is 7.46. The molecule has 1 aromatic heterocycles. The Morgan fingerprint density at radius 1 is 1.31 bits per heavy atom. The van der Waals surface area contributed by atoms with Gasteiger partial charge in [-0.25, -0.2) is 0 Å². The lowest BCUT2D eigenvalue weighted by Gasteiger charge is -2.35. The molecule has 1 saturated carbocycles. The van der Waals surface area contributed by atoms with Crippen molar-refractivity contribution in [3.63, 3.8) is 0 Å². The van der Waals surface area contributed by atoms with Gasteiger partial charge in [-0.1, -0.05) is 38.5 Å². The minimum Gasteiger partial charge on any atom is -0.356 e. The van der Waals surface area contributed by atoms with Crippen molar-refractivity contribution in [2.24, 2.45) is 18.0 Å². The highest BCUT2D eigenvalue weighted by atomic mass is 16.2. The van der Waals surface area contributed by atoms with E-state index in [1.54, 1.807) is 22.8 Å². The molecule has 0 radical (unpaired) electrons. The predicted molar refractivity (Wildman–Crippen MR) is 104 cm³/mol. The smallest absolute Gasteiger partial charge is 0.246 e. The van der Waals surface area contributed by atoms with Gasteiger partial charge in [0.05, 0.1) is 11.9 Å². The number of carbonyl (C=O) groups excluding carboxylic acids is 1. The van der Waals surface area contributed by atoms with Crippen molar-refractivity contribution in [1.29, 1.82) is 0 Å². The summed E-state index contributed by atoms with van der Waals surface area (Å²) in [6, 6.07) is 0. The van der Waals surface area contributed by atoms with Gasteiger partial charge < -0.3 is 15.1 Å². The zero-order valence-corrected chi connectivity index (χ0v) is 16.2. The summed E-state index contributed by atoms with van der Waals surface area (Å²) in [6.45, 7) is 2.72. The van der Waals surface area contributed by atoms with E-state index in [-0.39, 0.29) is 5.91 Å². The van der Waals surface area contributed by atoms with E-state index in [0.717, 1.165) is 30.7 Å². The number of piperazine rings is 1. The normalized spacial score (nSPS) is 19.5. The number of rotatable bonds is 6. The van der Waals surface area contributed by atoms with Crippen LogP contribution in [0.25, 0.3) is 0 Å². The number of nitrogens with zero attached hydrogens (tertiary/aromatic N) is 5. The highest BCUT2D eigenvalue weighted by Gasteiger charge is 2.27. The molecule has 0 aromatic carbocycles. The molecule has 1 aromatic rings. The molecular formula is C19H32N6O. The van der Waals surface area contributed by atoms with Crippen molar-refractivity contribution < 1.29 is 4.79 Å². The third-order valence-electron chi connectivity index (χ3n) is 5.53. The Morgan fingerprint density at radius 3 is 2.77 bits per heavy atom. The molecule has 2 fully saturated rings. The van der Waals surface area contributed by atoms with Gasteiger partial charge in [-0.2, -0.15) is 5.10 Å². The highest BCUT2D eigenvalue weighted by Crippen LogP contribution is 2.28. The predicted octanol–water partition coefficient (Wildman–Crippen LogP) is 2.00. The Morgan fingerprint density at radius 2 is 2.12 bits per heavy atom. The SMILES string of the molecule is CN=C(NCCCCC1CCCC1)N1CCN(c2cnn(C)c2)C(=O)C1. The molecule has 1 aliphatic carbocycles. The largest absolute Gasteiger partial charge is 0.356 e. The van der Waals surface area contributed by atoms with Crippen LogP contribution in [0.15, 0.2) is 17.4 Å². The van der Waals surface area contributed by atoms with Gasteiger partial charge in [0, 0.05) is 39.9 Å². The maximum absolute atomic E-state index is 12.5. The van der Waals surface area contributed by atoms with E-state index >= 15 is 0 Å². The molecule has 0 atom stereocenters. The fourth-order valence-corrected chi connectivity index (χ4v) is 4.06. The molecule has 144 valence electrons. The number of aliphatic imine (C=N–C) groups is 1. The average Bonchev–Trinajstić information content (AvgIpc) is 3.30. The van der Waals surface area contributed by atoms with Crippen LogP contribution in [0.4, 0.5) is 5.69 Å². The third-order valence-corrected chi connectivity index (χ3v) is 5.53. The van der Waals surface area contributed by atoms with Gasteiger partial charge in [-0.05, 0) is 12.3 Å². The molecule has 26 heavy (non-hydrogen) atoms. The van der Waals surface area contributed by atoms with Crippen LogP contribution in [-0.4, -0.2) is 59.8 Å². The zero-order chi connectivity index (χ0) is 18.4. The lowest BCUT2D eigenvalue weighted by atomic mass is 10.0. The maximum atomic E-state index is 12.5. The number of carbonyl (C=O) groups is 1. The molecule has 1 saturated heterocycles. The maximum Gasteiger partial charge on any atom is 0.246 e. The Labute approximate surface area is 156 Å². The number of guanidine groups is 1. The minimum absolute atomic E-state index is 0.0911. The first-order valence-electron chi connectivity index (χ1n) is 9.92. The fourth-order valence-electron chi connectivity index (χ4n) is 4.06. The van der Waals surface area contributed by atoms with E-state index < -0.39 is 0 Å². The summed E-state index contributed by atoms with van der Waals surface area (Å²) in [5, 5.41) is 7.59. The quantitative estimate of drug-likeness (QED) is 0.479. The lowest BCUT2D eigenvalue weighted by molar-refractivity contribution is -0.120. The molecule has 7 nitrogen and oxygen atoms in total. The highest BCUT2D eigenvalue weighted by molar-refractivity contribution is 5.98. The van der Waals surface area contributed by atoms with Crippen LogP contribution < -0.4 is 10.2 Å². The minimum atomic E-state index is 0.0911. The molecular weight excluding hydrogens is 328 g/mol. The standard InChI is InChI=1S/C19H32N6O/c1-20-19(21-10-6-5-9-16-7-3-4-8-16)24-11-12-25(18(26)15-24)17-13-22-23(2)14-17/h13-14,16H,3-12,15H2,1-2H3,(H,20,21). The zero-order valence-electron chi connectivity index (χ0n) is 16.2. The number of hydrogen-bond acceptors (Lipinski definition) is 3. The van der Waals surface area contributed by atoms with Crippen LogP contribution >= 0.6 is 0 Å². The Balaban J connectivity index is 1.40. The average molecular weight is 361 g/mol. The number of unbranched alkanes of at least 4 members (excludes halogenated alkanes) is 1. The van der Waals surface area contributed by atoms with Gasteiger partial charge in [0.15, 0.2) is 5.96 Å². The van der Waals surface area contributed by atoms with Gasteiger partial charge in [-0.15, -0.1) is 0 Å². The summed E-state index contributed by atoms with van der Waals surface area (Å²) in [5.74, 6) is 1.89. The van der Waals surface area contributed by atoms with E-state index in [0.29, 0.717) is 13.1 Å². The number of nitrogens with one attached hydrogen (secondary N) is 1. The summed E-state index contributed by atoms with van der Waals surface area (Å²) in [5.41, 5.74) is 0.868. The summed E-state index contributed by atoms with van der Waals surface area (Å²) < 4.78 is 1.72. The van der Waals surface area contributed by atoms with Crippen LogP contribution in [0, 0.1) is 5.92 Å². The number of amides is 1. The molecule has 1 amide bonds. The van der Waals surface area contributed by atoms with Crippen molar-refractivity contribution in [1.82, 2.24) is 20.0 Å². The van der Waals surface area contributed by atoms with Crippen LogP contribution in [0.3, 0.4) is 0 Å². The monoisotopic (exact) mass is 360 g/mol. The topological polar surface area (TPSA) is 65.8 Å². The van der Waals surface area contributed by atoms with Crippen LogP contribution in [-0.2, 0) is 11.8 Å². The first kappa shape index (κ1) is 18.7. The summed E-state index contributed by atoms with van der Waals surface area (Å²) >= 11 is 0. The first-order valence-corrected chi connectivity index (χ1v) is 9.92. The number of anilines is 1. The lowest BCUT2D eigenvalue weighted by Crippen LogP contribution is -2.55. The molecule has 0 unspecified atom stereocenters. The van der Waals surface area contributed by atoms with Crippen molar-refractivity contribution >= 4 is 17.6 Å². The van der Waals surface area contributed by atoms with E-state index in [2.05, 4.69) is 15.4 Å². The summed E-state index contributed by atoms with van der Waals surface area (Å²) in [4.78, 5) is 20.7. The Kier molecular flexibility index (Phi) is 6.52. The Hall–Kier alpha value is -2.05. The van der Waals surface area contributed by atoms with Crippen LogP contribution in [0.5, 0.6) is 0 Å². The van der Waals surface area contributed by atoms with Crippen molar-refractivity contribution in [2.45, 2.75) is 44.9 Å². The Bertz CT molecular complexity index is 619. The molecule has 1 N–H and O–H groups in total. The molecule has 2 heterocycles. The number of aryl methyl sites for hydroxylation is 1. The van der Waals surface area contributed by atoms with Crippen molar-refractivity contribution in [3.05, 3.63) is 12.4 Å².